The summed E-state index contributed by atoms with van der Waals surface area (Å²) in [5.74, 6) is 0. The van der Waals surface area contributed by atoms with Gasteiger partial charge in [0.25, 0.3) is 8.32 Å². The smallest absolute Gasteiger partial charge is 0.407 e. The fourth-order valence-electron chi connectivity index (χ4n) is 8.81. The Balaban J connectivity index is 1.39. The third-order valence-corrected chi connectivity index (χ3v) is 17.1. The van der Waals surface area contributed by atoms with Crippen LogP contribution in [0.2, 0.25) is 5.04 Å². The molecule has 0 bridgehead atoms. The molecule has 0 aromatic heterocycles. The first-order valence-corrected chi connectivity index (χ1v) is 25.9. The molecule has 1 heterocycles. The van der Waals surface area contributed by atoms with Crippen LogP contribution in [-0.2, 0) is 59.2 Å². The maximum atomic E-state index is 14.3. The van der Waals surface area contributed by atoms with E-state index in [1.165, 1.54) is 0 Å². The number of carbonyl (C=O) groups is 1. The van der Waals surface area contributed by atoms with Crippen LogP contribution in [0.5, 0.6) is 0 Å². The van der Waals surface area contributed by atoms with Crippen molar-refractivity contribution in [1.29, 1.82) is 0 Å². The number of ether oxygens (including phenoxy) is 6. The molecule has 6 aromatic carbocycles. The number of amides is 1. The minimum atomic E-state index is -3.35. The number of hydrogen-bond acceptors (Lipinski definition) is 8. The van der Waals surface area contributed by atoms with Gasteiger partial charge < -0.3 is 38.2 Å². The third kappa shape index (κ3) is 14.2. The minimum Gasteiger partial charge on any atom is -0.444 e. The molecule has 0 spiro atoms. The van der Waals surface area contributed by atoms with Crippen LogP contribution in [0, 0.1) is 0 Å². The van der Waals surface area contributed by atoms with Crippen LogP contribution in [-0.4, -0.2) is 69.3 Å². The summed E-state index contributed by atoms with van der Waals surface area (Å²) in [5, 5.41) is 4.72. The Bertz CT molecular complexity index is 2580. The van der Waals surface area contributed by atoms with Crippen molar-refractivity contribution >= 4 is 24.8 Å². The summed E-state index contributed by atoms with van der Waals surface area (Å²) in [4.78, 5) is 14.3. The Kier molecular flexibility index (Phi) is 16.6. The van der Waals surface area contributed by atoms with E-state index in [9.17, 15) is 8.91 Å². The van der Waals surface area contributed by atoms with Gasteiger partial charge in [0.2, 0.25) is 0 Å². The lowest BCUT2D eigenvalue weighted by molar-refractivity contribution is -0.274. The molecule has 0 aliphatic carbocycles. The van der Waals surface area contributed by atoms with Gasteiger partial charge in [-0.05, 0) is 64.9 Å². The van der Waals surface area contributed by atoms with Crippen molar-refractivity contribution in [2.45, 2.75) is 128 Å². The van der Waals surface area contributed by atoms with Gasteiger partial charge >= 0.3 is 6.09 Å². The quantitative estimate of drug-likeness (QED) is 0.0531. The van der Waals surface area contributed by atoms with Crippen molar-refractivity contribution < 1.29 is 43.1 Å². The number of hydrogen-bond donors (Lipinski definition) is 1. The Morgan fingerprint density at radius 3 is 1.39 bits per heavy atom. The molecular formula is C60H71NO8Si. The predicted molar refractivity (Wildman–Crippen MR) is 280 cm³/mol. The third-order valence-electron chi connectivity index (χ3n) is 12.0. The van der Waals surface area contributed by atoms with Crippen molar-refractivity contribution in [2.24, 2.45) is 0 Å². The first-order chi connectivity index (χ1) is 35.5. The van der Waals surface area contributed by atoms with E-state index >= 15 is 0 Å². The average molecular weight is 966 g/mol. The standard InChI is InChI=1S/C60H71NO8Si/c1-8-52(69-70(60(5,6)7,49-35-23-13-24-36-49)50-37-25-14-26-38-50)51(61-58(62)68-59(2,3)4)39-53-55(64-41-46-29-17-10-18-30-46)57(66-43-48-33-21-12-22-34-48)56(65-42-47-31-19-11-20-32-47)54(67-53)44-63-40-45-27-15-9-16-28-45/h8-38,51-57H,1,39-44H2,2-7H3,(H,61,62)/t51-,52+,53?,54+,55-,56-,57+/m0/s1/i40D,41D,42D,43D/t40?,41?,42?,43?,51-,52+,53?,54+,55-,56-,57+. The normalized spacial score (nSPS) is 22.1. The lowest BCUT2D eigenvalue weighted by Gasteiger charge is -2.48. The van der Waals surface area contributed by atoms with Crippen molar-refractivity contribution in [3.8, 4) is 0 Å². The topological polar surface area (TPSA) is 93.7 Å². The summed E-state index contributed by atoms with van der Waals surface area (Å²) in [7, 11) is -3.35. The van der Waals surface area contributed by atoms with Gasteiger partial charge in [-0.2, -0.15) is 0 Å². The molecule has 0 saturated carbocycles. The lowest BCUT2D eigenvalue weighted by Crippen LogP contribution is -2.69. The second kappa shape index (κ2) is 24.9. The maximum Gasteiger partial charge on any atom is 0.407 e. The van der Waals surface area contributed by atoms with Crippen LogP contribution < -0.4 is 15.7 Å². The van der Waals surface area contributed by atoms with Crippen molar-refractivity contribution in [1.82, 2.24) is 5.32 Å². The van der Waals surface area contributed by atoms with E-state index in [1.54, 1.807) is 75.4 Å². The second-order valence-corrected chi connectivity index (χ2v) is 23.7. The highest BCUT2D eigenvalue weighted by atomic mass is 28.4. The molecule has 1 fully saturated rings. The maximum absolute atomic E-state index is 14.3. The van der Waals surface area contributed by atoms with Gasteiger partial charge in [-0.25, -0.2) is 4.79 Å². The molecule has 7 rings (SSSR count). The van der Waals surface area contributed by atoms with Crippen molar-refractivity contribution in [3.05, 3.63) is 217 Å². The van der Waals surface area contributed by atoms with E-state index in [4.69, 9.17) is 34.2 Å². The van der Waals surface area contributed by atoms with Crippen LogP contribution in [0.25, 0.3) is 0 Å². The molecular weight excluding hydrogens is 891 g/mol. The molecule has 368 valence electrons. The molecule has 6 aromatic rings. The highest BCUT2D eigenvalue weighted by molar-refractivity contribution is 6.99. The van der Waals surface area contributed by atoms with Gasteiger partial charge in [0.05, 0.1) is 56.7 Å². The number of nitrogens with one attached hydrogen (secondary N) is 1. The van der Waals surface area contributed by atoms with Crippen LogP contribution >= 0.6 is 0 Å². The highest BCUT2D eigenvalue weighted by Crippen LogP contribution is 2.39. The largest absolute Gasteiger partial charge is 0.444 e. The molecule has 9 nitrogen and oxygen atoms in total. The van der Waals surface area contributed by atoms with Gasteiger partial charge in [-0.3, -0.25) is 0 Å². The summed E-state index contributed by atoms with van der Waals surface area (Å²) in [6, 6.07) is 55.8. The highest BCUT2D eigenvalue weighted by Gasteiger charge is 2.54. The Labute approximate surface area is 422 Å². The Morgan fingerprint density at radius 2 is 0.986 bits per heavy atom. The van der Waals surface area contributed by atoms with E-state index in [1.807, 2.05) is 109 Å². The summed E-state index contributed by atoms with van der Waals surface area (Å²) in [6.45, 7) is 11.0. The van der Waals surface area contributed by atoms with E-state index in [2.05, 4.69) is 56.9 Å². The Hall–Kier alpha value is -5.69. The van der Waals surface area contributed by atoms with Gasteiger partial charge in [0, 0.05) is 0 Å². The summed E-state index contributed by atoms with van der Waals surface area (Å²) >= 11 is 0. The zero-order valence-corrected chi connectivity index (χ0v) is 42.1. The van der Waals surface area contributed by atoms with E-state index in [0.29, 0.717) is 22.3 Å². The second-order valence-electron chi connectivity index (χ2n) is 19.4. The molecule has 1 saturated heterocycles. The molecule has 1 N–H and O–H groups in total. The van der Waals surface area contributed by atoms with Gasteiger partial charge in [0.15, 0.2) is 0 Å². The average Bonchev–Trinajstić information content (AvgIpc) is 3.40. The van der Waals surface area contributed by atoms with Gasteiger partial charge in [-0.1, -0.05) is 209 Å². The first-order valence-electron chi connectivity index (χ1n) is 26.3. The van der Waals surface area contributed by atoms with Crippen LogP contribution in [0.4, 0.5) is 4.79 Å². The monoisotopic (exact) mass is 966 g/mol. The zero-order chi connectivity index (χ0) is 52.9. The number of carbonyl (C=O) groups excluding carboxylic acids is 1. The van der Waals surface area contributed by atoms with Gasteiger partial charge in [-0.15, -0.1) is 6.58 Å². The van der Waals surface area contributed by atoms with E-state index in [-0.39, 0.29) is 13.0 Å². The van der Waals surface area contributed by atoms with E-state index < -0.39 is 94.0 Å². The lowest BCUT2D eigenvalue weighted by atomic mass is 9.89. The molecule has 1 amide bonds. The summed E-state index contributed by atoms with van der Waals surface area (Å²) in [6.07, 6.45) is -5.69. The summed E-state index contributed by atoms with van der Waals surface area (Å²) in [5.41, 5.74) is 1.38. The van der Waals surface area contributed by atoms with Gasteiger partial charge in [0.1, 0.15) is 30.0 Å². The van der Waals surface area contributed by atoms with E-state index in [0.717, 1.165) is 10.4 Å². The molecule has 10 heteroatoms. The van der Waals surface area contributed by atoms with Crippen molar-refractivity contribution in [3.63, 3.8) is 0 Å². The van der Waals surface area contributed by atoms with Crippen LogP contribution in [0.15, 0.2) is 195 Å². The zero-order valence-electron chi connectivity index (χ0n) is 45.1. The molecule has 0 radical (unpaired) electrons. The minimum absolute atomic E-state index is 0.0383. The molecule has 5 unspecified atom stereocenters. The Morgan fingerprint density at radius 1 is 0.600 bits per heavy atom. The summed E-state index contributed by atoms with van der Waals surface area (Å²) < 4.78 is 85.4. The van der Waals surface area contributed by atoms with Crippen LogP contribution in [0.3, 0.4) is 0 Å². The number of alkyl carbamates (subject to hydrolysis) is 1. The molecule has 1 aliphatic heterocycles. The SMILES string of the molecule is [2H]C(OC[C@H]1OC(C[C@H](NC(=O)OC(C)(C)C)[C@@H](C=C)O[Si](c2ccccc2)(c2ccccc2)C(C)(C)C)[C@H](OC([2H])c2ccccc2)[C@@H](OC([2H])c2ccccc2)[C@H]1OC([2H])c1ccccc1)c1ccccc1. The fraction of sp³-hybridized carbons (Fsp3) is 0.350. The molecule has 11 atom stereocenters. The predicted octanol–water partition coefficient (Wildman–Crippen LogP) is 11.1. The number of benzene rings is 6. The van der Waals surface area contributed by atoms with Crippen LogP contribution in [0.1, 0.15) is 75.7 Å². The fourth-order valence-corrected chi connectivity index (χ4v) is 13.5. The number of rotatable bonds is 22. The first kappa shape index (κ1) is 46.7. The van der Waals surface area contributed by atoms with Crippen molar-refractivity contribution in [2.75, 3.05) is 6.61 Å². The molecule has 1 aliphatic rings. The molecule has 70 heavy (non-hydrogen) atoms.